The molecule has 4 heteroatoms. The van der Waals surface area contributed by atoms with E-state index in [1.807, 2.05) is 0 Å². The first-order valence-corrected chi connectivity index (χ1v) is 6.83. The second-order valence-corrected chi connectivity index (χ2v) is 4.71. The highest BCUT2D eigenvalue weighted by atomic mass is 16.5. The van der Waals surface area contributed by atoms with Crippen LogP contribution in [-0.2, 0) is 16.0 Å². The normalized spacial score (nSPS) is 12.1. The first-order valence-electron chi connectivity index (χ1n) is 6.83. The number of esters is 1. The summed E-state index contributed by atoms with van der Waals surface area (Å²) in [5.41, 5.74) is 6.70. The predicted octanol–water partition coefficient (Wildman–Crippen LogP) is 2.39. The molecule has 0 radical (unpaired) electrons. The monoisotopic (exact) mass is 265 g/mol. The standard InChI is InChI=1S/C15H23NO3/c1-2-3-4-5-10-19-15(18)14(16)11-12-6-8-13(17)9-7-12/h6-9,14,17H,2-5,10-11,16H2,1H3. The van der Waals surface area contributed by atoms with Gasteiger partial charge in [-0.15, -0.1) is 0 Å². The van der Waals surface area contributed by atoms with Crippen molar-refractivity contribution in [3.8, 4) is 5.75 Å². The van der Waals surface area contributed by atoms with E-state index in [9.17, 15) is 4.79 Å². The molecule has 0 saturated carbocycles. The Balaban J connectivity index is 2.26. The van der Waals surface area contributed by atoms with Gasteiger partial charge in [0.15, 0.2) is 0 Å². The van der Waals surface area contributed by atoms with Crippen LogP contribution < -0.4 is 5.73 Å². The van der Waals surface area contributed by atoms with Crippen LogP contribution in [0.4, 0.5) is 0 Å². The van der Waals surface area contributed by atoms with Gasteiger partial charge in [0, 0.05) is 0 Å². The average Bonchev–Trinajstić information content (AvgIpc) is 2.41. The zero-order valence-electron chi connectivity index (χ0n) is 11.5. The van der Waals surface area contributed by atoms with Gasteiger partial charge in [0.05, 0.1) is 6.61 Å². The Morgan fingerprint density at radius 1 is 1.26 bits per heavy atom. The predicted molar refractivity (Wildman–Crippen MR) is 74.9 cm³/mol. The molecule has 0 aromatic heterocycles. The number of hydrogen-bond acceptors (Lipinski definition) is 4. The Bertz CT molecular complexity index is 375. The van der Waals surface area contributed by atoms with Crippen molar-refractivity contribution in [1.82, 2.24) is 0 Å². The SMILES string of the molecule is CCCCCCOC(=O)C(N)Cc1ccc(O)cc1. The lowest BCUT2D eigenvalue weighted by Crippen LogP contribution is -2.34. The number of aromatic hydroxyl groups is 1. The molecule has 0 fully saturated rings. The summed E-state index contributed by atoms with van der Waals surface area (Å²) in [5.74, 6) is -0.152. The molecule has 0 spiro atoms. The van der Waals surface area contributed by atoms with E-state index in [-0.39, 0.29) is 11.7 Å². The maximum absolute atomic E-state index is 11.7. The van der Waals surface area contributed by atoms with Crippen molar-refractivity contribution >= 4 is 5.97 Å². The molecule has 1 unspecified atom stereocenters. The summed E-state index contributed by atoms with van der Waals surface area (Å²) in [6.45, 7) is 2.59. The van der Waals surface area contributed by atoms with E-state index in [4.69, 9.17) is 15.6 Å². The molecule has 0 aliphatic carbocycles. The summed E-state index contributed by atoms with van der Waals surface area (Å²) < 4.78 is 5.13. The van der Waals surface area contributed by atoms with Crippen LogP contribution >= 0.6 is 0 Å². The number of hydrogen-bond donors (Lipinski definition) is 2. The number of ether oxygens (including phenoxy) is 1. The molecule has 106 valence electrons. The molecule has 0 saturated heterocycles. The highest BCUT2D eigenvalue weighted by Gasteiger charge is 2.15. The third kappa shape index (κ3) is 6.25. The van der Waals surface area contributed by atoms with Crippen LogP contribution in [0.25, 0.3) is 0 Å². The lowest BCUT2D eigenvalue weighted by Gasteiger charge is -2.11. The molecule has 3 N–H and O–H groups in total. The van der Waals surface area contributed by atoms with Crippen LogP contribution in [0.1, 0.15) is 38.2 Å². The number of benzene rings is 1. The van der Waals surface area contributed by atoms with Gasteiger partial charge in [-0.2, -0.15) is 0 Å². The average molecular weight is 265 g/mol. The number of phenolic OH excluding ortho intramolecular Hbond substituents is 1. The Kier molecular flexibility index (Phi) is 6.97. The van der Waals surface area contributed by atoms with Crippen molar-refractivity contribution in [3.05, 3.63) is 29.8 Å². The summed E-state index contributed by atoms with van der Waals surface area (Å²) in [7, 11) is 0. The Morgan fingerprint density at radius 2 is 1.95 bits per heavy atom. The van der Waals surface area contributed by atoms with E-state index in [1.54, 1.807) is 24.3 Å². The van der Waals surface area contributed by atoms with Crippen LogP contribution in [-0.4, -0.2) is 23.7 Å². The molecule has 0 amide bonds. The minimum Gasteiger partial charge on any atom is -0.508 e. The molecule has 0 bridgehead atoms. The summed E-state index contributed by atoms with van der Waals surface area (Å²) in [5, 5.41) is 9.16. The minimum absolute atomic E-state index is 0.204. The van der Waals surface area contributed by atoms with Gasteiger partial charge < -0.3 is 15.6 Å². The van der Waals surface area contributed by atoms with Crippen LogP contribution in [0.2, 0.25) is 0 Å². The van der Waals surface area contributed by atoms with Gasteiger partial charge in [-0.25, -0.2) is 0 Å². The smallest absolute Gasteiger partial charge is 0.323 e. The fourth-order valence-corrected chi connectivity index (χ4v) is 1.78. The second-order valence-electron chi connectivity index (χ2n) is 4.71. The molecule has 0 aliphatic rings. The molecular weight excluding hydrogens is 242 g/mol. The van der Waals surface area contributed by atoms with E-state index >= 15 is 0 Å². The van der Waals surface area contributed by atoms with E-state index < -0.39 is 6.04 Å². The van der Waals surface area contributed by atoms with Crippen LogP contribution in [0.5, 0.6) is 5.75 Å². The third-order valence-corrected chi connectivity index (χ3v) is 2.94. The molecular formula is C15H23NO3. The Labute approximate surface area is 114 Å². The number of rotatable bonds is 8. The molecule has 0 aliphatic heterocycles. The maximum Gasteiger partial charge on any atom is 0.323 e. The van der Waals surface area contributed by atoms with Crippen molar-refractivity contribution in [2.75, 3.05) is 6.61 Å². The van der Waals surface area contributed by atoms with Crippen molar-refractivity contribution in [2.24, 2.45) is 5.73 Å². The number of carbonyl (C=O) groups is 1. The van der Waals surface area contributed by atoms with Gasteiger partial charge in [0.1, 0.15) is 11.8 Å². The Hall–Kier alpha value is -1.55. The first kappa shape index (κ1) is 15.5. The minimum atomic E-state index is -0.643. The van der Waals surface area contributed by atoms with E-state index in [0.717, 1.165) is 31.2 Å². The van der Waals surface area contributed by atoms with E-state index in [2.05, 4.69) is 6.92 Å². The van der Waals surface area contributed by atoms with Crippen LogP contribution in [0.3, 0.4) is 0 Å². The maximum atomic E-state index is 11.7. The van der Waals surface area contributed by atoms with Crippen LogP contribution in [0, 0.1) is 0 Å². The summed E-state index contributed by atoms with van der Waals surface area (Å²) in [4.78, 5) is 11.7. The lowest BCUT2D eigenvalue weighted by atomic mass is 10.1. The number of phenols is 1. The summed E-state index contributed by atoms with van der Waals surface area (Å²) in [6.07, 6.45) is 4.72. The molecule has 0 heterocycles. The molecule has 1 rings (SSSR count). The zero-order valence-corrected chi connectivity index (χ0v) is 11.5. The molecule has 1 atom stereocenters. The fourth-order valence-electron chi connectivity index (χ4n) is 1.78. The largest absolute Gasteiger partial charge is 0.508 e. The molecule has 19 heavy (non-hydrogen) atoms. The topological polar surface area (TPSA) is 72.5 Å². The molecule has 4 nitrogen and oxygen atoms in total. The highest BCUT2D eigenvalue weighted by molar-refractivity contribution is 5.75. The quantitative estimate of drug-likeness (QED) is 0.559. The van der Waals surface area contributed by atoms with Crippen LogP contribution in [0.15, 0.2) is 24.3 Å². The van der Waals surface area contributed by atoms with Gasteiger partial charge in [-0.05, 0) is 30.5 Å². The lowest BCUT2D eigenvalue weighted by molar-refractivity contribution is -0.145. The summed E-state index contributed by atoms with van der Waals surface area (Å²) in [6, 6.07) is 6.03. The van der Waals surface area contributed by atoms with Crippen molar-refractivity contribution in [2.45, 2.75) is 45.1 Å². The van der Waals surface area contributed by atoms with Gasteiger partial charge in [0.2, 0.25) is 0 Å². The Morgan fingerprint density at radius 3 is 2.58 bits per heavy atom. The first-order chi connectivity index (χ1) is 9.13. The second kappa shape index (κ2) is 8.53. The van der Waals surface area contributed by atoms with Crippen molar-refractivity contribution in [3.63, 3.8) is 0 Å². The summed E-state index contributed by atoms with van der Waals surface area (Å²) >= 11 is 0. The van der Waals surface area contributed by atoms with E-state index in [0.29, 0.717) is 13.0 Å². The van der Waals surface area contributed by atoms with Gasteiger partial charge in [0.25, 0.3) is 0 Å². The highest BCUT2D eigenvalue weighted by Crippen LogP contribution is 2.11. The molecule has 1 aromatic carbocycles. The van der Waals surface area contributed by atoms with Gasteiger partial charge in [-0.1, -0.05) is 38.3 Å². The van der Waals surface area contributed by atoms with Gasteiger partial charge in [-0.3, -0.25) is 4.79 Å². The number of carbonyl (C=O) groups excluding carboxylic acids is 1. The number of nitrogens with two attached hydrogens (primary N) is 1. The van der Waals surface area contributed by atoms with Crippen molar-refractivity contribution < 1.29 is 14.6 Å². The van der Waals surface area contributed by atoms with Crippen molar-refractivity contribution in [1.29, 1.82) is 0 Å². The number of unbranched alkanes of at least 4 members (excludes halogenated alkanes) is 3. The van der Waals surface area contributed by atoms with Gasteiger partial charge >= 0.3 is 5.97 Å². The third-order valence-electron chi connectivity index (χ3n) is 2.94. The zero-order chi connectivity index (χ0) is 14.1. The molecule has 1 aromatic rings. The van der Waals surface area contributed by atoms with E-state index in [1.165, 1.54) is 0 Å². The fraction of sp³-hybridized carbons (Fsp3) is 0.533.